The highest BCUT2D eigenvalue weighted by atomic mass is 35.5. The number of hydrogen-bond donors (Lipinski definition) is 0. The Hall–Kier alpha value is -0.200. The van der Waals surface area contributed by atoms with Crippen LogP contribution in [-0.4, -0.2) is 6.38 Å². The first-order valence-corrected chi connectivity index (χ1v) is 4.03. The highest BCUT2D eigenvalue weighted by molar-refractivity contribution is 6.31. The molecule has 0 spiro atoms. The maximum absolute atomic E-state index is 5.71. The van der Waals surface area contributed by atoms with Crippen molar-refractivity contribution in [3.8, 4) is 0 Å². The zero-order valence-corrected chi connectivity index (χ0v) is 7.58. The van der Waals surface area contributed by atoms with E-state index in [1.165, 1.54) is 6.38 Å². The molecule has 10 heavy (non-hydrogen) atoms. The van der Waals surface area contributed by atoms with Gasteiger partial charge in [0.1, 0.15) is 0 Å². The molecule has 1 aromatic carbocycles. The number of rotatable bonds is 0. The van der Waals surface area contributed by atoms with E-state index in [9.17, 15) is 0 Å². The van der Waals surface area contributed by atoms with Crippen molar-refractivity contribution in [3.05, 3.63) is 34.9 Å². The number of hydrogen-bond acceptors (Lipinski definition) is 0. The lowest BCUT2D eigenvalue weighted by molar-refractivity contribution is 1.47. The first-order valence-electron chi connectivity index (χ1n) is 2.89. The number of alkyl halides is 1. The Labute approximate surface area is 71.8 Å². The predicted octanol–water partition coefficient (Wildman–Crippen LogP) is 3.50. The summed E-state index contributed by atoms with van der Waals surface area (Å²) in [6.07, 6.45) is 1.47. The zero-order chi connectivity index (χ0) is 7.98. The van der Waals surface area contributed by atoms with E-state index in [1.54, 1.807) is 0 Å². The van der Waals surface area contributed by atoms with E-state index < -0.39 is 0 Å². The van der Waals surface area contributed by atoms with Crippen LogP contribution in [0.4, 0.5) is 0 Å². The molecule has 0 heterocycles. The highest BCUT2D eigenvalue weighted by Gasteiger charge is 1.86. The van der Waals surface area contributed by atoms with Gasteiger partial charge in [0.25, 0.3) is 0 Å². The van der Waals surface area contributed by atoms with Crippen LogP contribution in [0.15, 0.2) is 24.3 Å². The van der Waals surface area contributed by atoms with Gasteiger partial charge in [0.05, 0.1) is 0 Å². The number of benzene rings is 1. The molecule has 0 amide bonds. The second-order valence-corrected chi connectivity index (χ2v) is 2.16. The first-order chi connectivity index (χ1) is 4.80. The minimum absolute atomic E-state index is 0.840. The van der Waals surface area contributed by atoms with Crippen LogP contribution in [0, 0.1) is 6.92 Å². The Kier molecular flexibility index (Phi) is 5.46. The smallest absolute Gasteiger partial charge is 0.0435 e. The average molecular weight is 177 g/mol. The third kappa shape index (κ3) is 3.09. The molecule has 0 fully saturated rings. The maximum Gasteiger partial charge on any atom is 0.0435 e. The van der Waals surface area contributed by atoms with E-state index in [0.29, 0.717) is 0 Å². The quantitative estimate of drug-likeness (QED) is 0.532. The van der Waals surface area contributed by atoms with Crippen LogP contribution in [-0.2, 0) is 0 Å². The van der Waals surface area contributed by atoms with Gasteiger partial charge in [0, 0.05) is 11.4 Å². The number of aryl methyl sites for hydroxylation is 1. The number of halogens is 2. The third-order valence-corrected chi connectivity index (χ3v) is 1.50. The van der Waals surface area contributed by atoms with Crippen molar-refractivity contribution in [2.45, 2.75) is 6.92 Å². The van der Waals surface area contributed by atoms with Crippen molar-refractivity contribution in [2.75, 3.05) is 6.38 Å². The van der Waals surface area contributed by atoms with Gasteiger partial charge in [-0.3, -0.25) is 0 Å². The summed E-state index contributed by atoms with van der Waals surface area (Å²) in [6.45, 7) is 1.99. The molecule has 0 radical (unpaired) electrons. The highest BCUT2D eigenvalue weighted by Crippen LogP contribution is 2.11. The largest absolute Gasteiger partial charge is 0.130 e. The average Bonchev–Trinajstić information content (AvgIpc) is 2.00. The van der Waals surface area contributed by atoms with E-state index in [-0.39, 0.29) is 0 Å². The van der Waals surface area contributed by atoms with Gasteiger partial charge in [-0.15, -0.1) is 11.6 Å². The van der Waals surface area contributed by atoms with Gasteiger partial charge in [0.2, 0.25) is 0 Å². The molecule has 0 nitrogen and oxygen atoms in total. The Balaban J connectivity index is 0.000000371. The van der Waals surface area contributed by atoms with Crippen molar-refractivity contribution in [2.24, 2.45) is 0 Å². The molecule has 0 aliphatic heterocycles. The summed E-state index contributed by atoms with van der Waals surface area (Å²) in [6, 6.07) is 7.77. The van der Waals surface area contributed by atoms with E-state index in [1.807, 2.05) is 31.2 Å². The molecule has 0 N–H and O–H groups in total. The van der Waals surface area contributed by atoms with Crippen molar-refractivity contribution < 1.29 is 0 Å². The molecule has 1 aromatic rings. The molecular formula is C8H10Cl2. The van der Waals surface area contributed by atoms with Crippen LogP contribution in [0.3, 0.4) is 0 Å². The van der Waals surface area contributed by atoms with Gasteiger partial charge in [-0.2, -0.15) is 0 Å². The van der Waals surface area contributed by atoms with Crippen LogP contribution < -0.4 is 0 Å². The molecule has 1 rings (SSSR count). The summed E-state index contributed by atoms with van der Waals surface area (Å²) in [5.41, 5.74) is 1.13. The van der Waals surface area contributed by atoms with Crippen LogP contribution in [0.5, 0.6) is 0 Å². The molecular weight excluding hydrogens is 167 g/mol. The van der Waals surface area contributed by atoms with Crippen molar-refractivity contribution in [3.63, 3.8) is 0 Å². The van der Waals surface area contributed by atoms with Gasteiger partial charge in [-0.25, -0.2) is 0 Å². The predicted molar refractivity (Wildman–Crippen MR) is 48.0 cm³/mol. The fourth-order valence-electron chi connectivity index (χ4n) is 0.551. The summed E-state index contributed by atoms with van der Waals surface area (Å²) >= 11 is 10.3. The van der Waals surface area contributed by atoms with E-state index in [0.717, 1.165) is 10.6 Å². The van der Waals surface area contributed by atoms with Crippen LogP contribution in [0.2, 0.25) is 5.02 Å². The Bertz CT molecular complexity index is 163. The van der Waals surface area contributed by atoms with E-state index in [4.69, 9.17) is 11.6 Å². The van der Waals surface area contributed by atoms with E-state index >= 15 is 0 Å². The first kappa shape index (κ1) is 9.80. The molecule has 0 saturated carbocycles. The fourth-order valence-corrected chi connectivity index (χ4v) is 0.687. The summed E-state index contributed by atoms with van der Waals surface area (Å²) in [7, 11) is 0. The lowest BCUT2D eigenvalue weighted by Crippen LogP contribution is -1.68. The Morgan fingerprint density at radius 2 is 1.60 bits per heavy atom. The normalized spacial score (nSPS) is 8.00. The SMILES string of the molecule is CCl.Cc1ccccc1Cl. The summed E-state index contributed by atoms with van der Waals surface area (Å²) in [5, 5.41) is 0.840. The molecule has 0 saturated heterocycles. The molecule has 0 aliphatic rings. The Morgan fingerprint density at radius 3 is 1.90 bits per heavy atom. The second-order valence-electron chi connectivity index (χ2n) is 1.75. The third-order valence-electron chi connectivity index (χ3n) is 1.08. The zero-order valence-electron chi connectivity index (χ0n) is 6.07. The molecule has 2 heteroatoms. The lowest BCUT2D eigenvalue weighted by atomic mass is 10.2. The van der Waals surface area contributed by atoms with Crippen LogP contribution >= 0.6 is 23.2 Å². The molecule has 0 atom stereocenters. The van der Waals surface area contributed by atoms with Gasteiger partial charge in [-0.05, 0) is 18.6 Å². The lowest BCUT2D eigenvalue weighted by Gasteiger charge is -1.90. The molecule has 0 bridgehead atoms. The molecule has 56 valence electrons. The molecule has 0 unspecified atom stereocenters. The monoisotopic (exact) mass is 176 g/mol. The fraction of sp³-hybridized carbons (Fsp3) is 0.250. The van der Waals surface area contributed by atoms with Gasteiger partial charge in [0.15, 0.2) is 0 Å². The summed E-state index contributed by atoms with van der Waals surface area (Å²) in [5.74, 6) is 0. The van der Waals surface area contributed by atoms with E-state index in [2.05, 4.69) is 11.6 Å². The van der Waals surface area contributed by atoms with Crippen LogP contribution in [0.1, 0.15) is 5.56 Å². The minimum Gasteiger partial charge on any atom is -0.130 e. The van der Waals surface area contributed by atoms with Crippen LogP contribution in [0.25, 0.3) is 0 Å². The van der Waals surface area contributed by atoms with Gasteiger partial charge in [-0.1, -0.05) is 29.8 Å². The Morgan fingerprint density at radius 1 is 1.10 bits per heavy atom. The van der Waals surface area contributed by atoms with Crippen molar-refractivity contribution in [1.82, 2.24) is 0 Å². The maximum atomic E-state index is 5.71. The topological polar surface area (TPSA) is 0 Å². The van der Waals surface area contributed by atoms with Crippen molar-refractivity contribution >= 4 is 23.2 Å². The summed E-state index contributed by atoms with van der Waals surface area (Å²) in [4.78, 5) is 0. The minimum atomic E-state index is 0.840. The molecule has 0 aromatic heterocycles. The van der Waals surface area contributed by atoms with Gasteiger partial charge < -0.3 is 0 Å². The second kappa shape index (κ2) is 5.57. The van der Waals surface area contributed by atoms with Crippen molar-refractivity contribution in [1.29, 1.82) is 0 Å². The van der Waals surface area contributed by atoms with Gasteiger partial charge >= 0.3 is 0 Å². The molecule has 0 aliphatic carbocycles. The standard InChI is InChI=1S/C7H7Cl.CH3Cl/c1-6-4-2-3-5-7(6)8;1-2/h2-5H,1H3;1H3. The summed E-state index contributed by atoms with van der Waals surface area (Å²) < 4.78 is 0.